The molecule has 35 heavy (non-hydrogen) atoms. The van der Waals surface area contributed by atoms with E-state index in [2.05, 4.69) is 9.55 Å². The van der Waals surface area contributed by atoms with E-state index in [9.17, 15) is 14.0 Å². The molecule has 3 heterocycles. The van der Waals surface area contributed by atoms with Crippen molar-refractivity contribution < 1.29 is 14.0 Å². The molecule has 1 aromatic heterocycles. The lowest BCUT2D eigenvalue weighted by molar-refractivity contribution is -0.135. The minimum Gasteiger partial charge on any atom is -0.334 e. The Morgan fingerprint density at radius 1 is 1.06 bits per heavy atom. The van der Waals surface area contributed by atoms with Crippen LogP contribution in [0.1, 0.15) is 59.4 Å². The number of carbonyl (C=O) groups is 2. The highest BCUT2D eigenvalue weighted by atomic mass is 19.1. The molecule has 7 heteroatoms. The molecule has 0 unspecified atom stereocenters. The van der Waals surface area contributed by atoms with Crippen LogP contribution in [0.2, 0.25) is 0 Å². The third kappa shape index (κ3) is 4.85. The number of likely N-dealkylation sites (tertiary alicyclic amines) is 2. The molecule has 2 fully saturated rings. The molecular formula is C28H31FN4O2. The Labute approximate surface area is 205 Å². The molecule has 3 aromatic rings. The Hall–Kier alpha value is -3.48. The molecule has 5 rings (SSSR count). The summed E-state index contributed by atoms with van der Waals surface area (Å²) < 4.78 is 16.5. The predicted molar refractivity (Wildman–Crippen MR) is 131 cm³/mol. The molecular weight excluding hydrogens is 443 g/mol. The average Bonchev–Trinajstić information content (AvgIpc) is 3.45. The second kappa shape index (κ2) is 10.0. The van der Waals surface area contributed by atoms with Crippen molar-refractivity contribution >= 4 is 11.8 Å². The van der Waals surface area contributed by atoms with Gasteiger partial charge in [-0.3, -0.25) is 9.59 Å². The van der Waals surface area contributed by atoms with Gasteiger partial charge in [-0.25, -0.2) is 9.37 Å². The van der Waals surface area contributed by atoms with Gasteiger partial charge in [0.05, 0.1) is 12.1 Å². The number of amides is 2. The fourth-order valence-electron chi connectivity index (χ4n) is 5.51. The summed E-state index contributed by atoms with van der Waals surface area (Å²) in [6, 6.07) is 14.3. The number of carbonyl (C=O) groups excluding carboxylic acids is 2. The van der Waals surface area contributed by atoms with Gasteiger partial charge in [0.15, 0.2) is 0 Å². The summed E-state index contributed by atoms with van der Waals surface area (Å²) in [5.41, 5.74) is 2.23. The van der Waals surface area contributed by atoms with E-state index in [1.54, 1.807) is 24.4 Å². The molecule has 2 amide bonds. The number of fused-ring (bicyclic) bond motifs is 1. The fourth-order valence-corrected chi connectivity index (χ4v) is 5.51. The smallest absolute Gasteiger partial charge is 0.254 e. The summed E-state index contributed by atoms with van der Waals surface area (Å²) in [7, 11) is 0. The van der Waals surface area contributed by atoms with Crippen molar-refractivity contribution in [3.05, 3.63) is 89.3 Å². The zero-order chi connectivity index (χ0) is 24.4. The topological polar surface area (TPSA) is 58.4 Å². The molecule has 2 saturated heterocycles. The van der Waals surface area contributed by atoms with E-state index in [-0.39, 0.29) is 36.3 Å². The van der Waals surface area contributed by atoms with Gasteiger partial charge < -0.3 is 14.4 Å². The van der Waals surface area contributed by atoms with E-state index in [1.807, 2.05) is 47.2 Å². The first-order valence-corrected chi connectivity index (χ1v) is 12.4. The van der Waals surface area contributed by atoms with Crippen molar-refractivity contribution in [3.8, 4) is 0 Å². The maximum absolute atomic E-state index is 14.4. The van der Waals surface area contributed by atoms with Crippen LogP contribution in [0.25, 0.3) is 0 Å². The third-order valence-corrected chi connectivity index (χ3v) is 7.38. The van der Waals surface area contributed by atoms with Gasteiger partial charge in [-0.15, -0.1) is 0 Å². The highest BCUT2D eigenvalue weighted by Gasteiger charge is 2.42. The van der Waals surface area contributed by atoms with Crippen LogP contribution >= 0.6 is 0 Å². The average molecular weight is 475 g/mol. The first-order chi connectivity index (χ1) is 17.0. The van der Waals surface area contributed by atoms with Gasteiger partial charge in [0.2, 0.25) is 5.91 Å². The van der Waals surface area contributed by atoms with Crippen LogP contribution in [0.15, 0.2) is 60.9 Å². The second-order valence-electron chi connectivity index (χ2n) is 9.58. The SMILES string of the molecule is Cc1nccn1Cc1cccc(C(=O)N2CC[C@H]3[C@H]2CCCCC(=O)N3Cc2ccccc2F)c1. The van der Waals surface area contributed by atoms with Crippen LogP contribution in [-0.4, -0.2) is 49.8 Å². The van der Waals surface area contributed by atoms with Crippen molar-refractivity contribution in [1.29, 1.82) is 0 Å². The molecule has 0 spiro atoms. The van der Waals surface area contributed by atoms with Gasteiger partial charge in [-0.05, 0) is 49.9 Å². The fraction of sp³-hybridized carbons (Fsp3) is 0.393. The highest BCUT2D eigenvalue weighted by Crippen LogP contribution is 2.32. The third-order valence-electron chi connectivity index (χ3n) is 7.38. The van der Waals surface area contributed by atoms with E-state index in [0.29, 0.717) is 37.1 Å². The Morgan fingerprint density at radius 3 is 2.71 bits per heavy atom. The standard InChI is InChI=1S/C28H31FN4O2/c1-20-30-14-16-31(20)18-21-7-6-9-22(17-21)28(35)32-15-13-26-25(32)11-4-5-12-27(34)33(26)19-23-8-2-3-10-24(23)29/h2-3,6-10,14,16-17,25-26H,4-5,11-13,15,18-19H2,1H3/t25-,26+/m1/s1. The van der Waals surface area contributed by atoms with Crippen LogP contribution in [0.5, 0.6) is 0 Å². The van der Waals surface area contributed by atoms with E-state index in [4.69, 9.17) is 0 Å². The van der Waals surface area contributed by atoms with Crippen molar-refractivity contribution in [1.82, 2.24) is 19.4 Å². The van der Waals surface area contributed by atoms with Crippen LogP contribution in [0, 0.1) is 12.7 Å². The normalized spacial score (nSPS) is 20.5. The molecule has 0 aliphatic carbocycles. The lowest BCUT2D eigenvalue weighted by Gasteiger charge is -2.37. The van der Waals surface area contributed by atoms with Gasteiger partial charge >= 0.3 is 0 Å². The molecule has 2 aliphatic heterocycles. The predicted octanol–water partition coefficient (Wildman–Crippen LogP) is 4.56. The van der Waals surface area contributed by atoms with Crippen molar-refractivity contribution in [2.24, 2.45) is 0 Å². The van der Waals surface area contributed by atoms with E-state index in [0.717, 1.165) is 30.7 Å². The first kappa shape index (κ1) is 23.3. The second-order valence-corrected chi connectivity index (χ2v) is 9.58. The lowest BCUT2D eigenvalue weighted by Crippen LogP contribution is -2.49. The Balaban J connectivity index is 1.37. The molecule has 2 aromatic carbocycles. The molecule has 0 bridgehead atoms. The minimum atomic E-state index is -0.296. The van der Waals surface area contributed by atoms with Crippen molar-refractivity contribution in [2.45, 2.75) is 64.2 Å². The Morgan fingerprint density at radius 2 is 1.91 bits per heavy atom. The van der Waals surface area contributed by atoms with Gasteiger partial charge in [0, 0.05) is 49.6 Å². The quantitative estimate of drug-likeness (QED) is 0.545. The number of benzene rings is 2. The number of halogens is 1. The summed E-state index contributed by atoms with van der Waals surface area (Å²) in [4.78, 5) is 34.8. The number of rotatable bonds is 5. The number of nitrogens with zero attached hydrogens (tertiary/aromatic N) is 4. The number of aromatic nitrogens is 2. The summed E-state index contributed by atoms with van der Waals surface area (Å²) >= 11 is 0. The summed E-state index contributed by atoms with van der Waals surface area (Å²) in [5.74, 6) is 0.684. The number of imidazole rings is 1. The molecule has 182 valence electrons. The monoisotopic (exact) mass is 474 g/mol. The van der Waals surface area contributed by atoms with Gasteiger partial charge in [0.25, 0.3) is 5.91 Å². The van der Waals surface area contributed by atoms with E-state index >= 15 is 0 Å². The minimum absolute atomic E-state index is 0.000525. The zero-order valence-corrected chi connectivity index (χ0v) is 20.1. The van der Waals surface area contributed by atoms with Gasteiger partial charge in [-0.2, -0.15) is 0 Å². The molecule has 0 radical (unpaired) electrons. The maximum Gasteiger partial charge on any atom is 0.254 e. The largest absolute Gasteiger partial charge is 0.334 e. The first-order valence-electron chi connectivity index (χ1n) is 12.4. The summed E-state index contributed by atoms with van der Waals surface area (Å²) in [5, 5.41) is 0. The van der Waals surface area contributed by atoms with Crippen LogP contribution in [0.3, 0.4) is 0 Å². The molecule has 0 N–H and O–H groups in total. The lowest BCUT2D eigenvalue weighted by atomic mass is 9.95. The number of hydrogen-bond donors (Lipinski definition) is 0. The summed E-state index contributed by atoms with van der Waals surface area (Å²) in [6.45, 7) is 3.46. The highest BCUT2D eigenvalue weighted by molar-refractivity contribution is 5.95. The maximum atomic E-state index is 14.4. The van der Waals surface area contributed by atoms with Crippen molar-refractivity contribution in [2.75, 3.05) is 6.54 Å². The van der Waals surface area contributed by atoms with Gasteiger partial charge in [0.1, 0.15) is 11.6 Å². The number of aryl methyl sites for hydroxylation is 1. The molecule has 2 aliphatic rings. The molecule has 0 saturated carbocycles. The van der Waals surface area contributed by atoms with Crippen molar-refractivity contribution in [3.63, 3.8) is 0 Å². The Kier molecular flexibility index (Phi) is 6.66. The Bertz CT molecular complexity index is 1220. The van der Waals surface area contributed by atoms with Gasteiger partial charge in [-0.1, -0.05) is 36.8 Å². The van der Waals surface area contributed by atoms with Crippen LogP contribution in [0.4, 0.5) is 4.39 Å². The van der Waals surface area contributed by atoms with Crippen LogP contribution in [-0.2, 0) is 17.9 Å². The van der Waals surface area contributed by atoms with E-state index < -0.39 is 0 Å². The number of hydrogen-bond acceptors (Lipinski definition) is 3. The van der Waals surface area contributed by atoms with Crippen LogP contribution < -0.4 is 0 Å². The zero-order valence-electron chi connectivity index (χ0n) is 20.1. The van der Waals surface area contributed by atoms with E-state index in [1.165, 1.54) is 6.07 Å². The molecule has 6 nitrogen and oxygen atoms in total. The summed E-state index contributed by atoms with van der Waals surface area (Å²) in [6.07, 6.45) is 7.45. The molecule has 2 atom stereocenters.